The number of hydrogen-bond donors (Lipinski definition) is 1. The van der Waals surface area contributed by atoms with Crippen LogP contribution in [0.2, 0.25) is 5.02 Å². The van der Waals surface area contributed by atoms with Gasteiger partial charge in [-0.25, -0.2) is 0 Å². The molecule has 1 atom stereocenters. The zero-order valence-electron chi connectivity index (χ0n) is 16.9. The summed E-state index contributed by atoms with van der Waals surface area (Å²) in [5.74, 6) is 0.634. The zero-order chi connectivity index (χ0) is 21.1. The van der Waals surface area contributed by atoms with Gasteiger partial charge in [-0.2, -0.15) is 0 Å². The van der Waals surface area contributed by atoms with E-state index in [2.05, 4.69) is 5.32 Å². The number of carbonyl (C=O) groups excluding carboxylic acids is 2. The molecule has 2 amide bonds. The molecular formula is C24H25ClN2O3. The first kappa shape index (κ1) is 20.5. The second-order valence-corrected chi connectivity index (χ2v) is 8.43. The predicted octanol–water partition coefficient (Wildman–Crippen LogP) is 4.63. The van der Waals surface area contributed by atoms with E-state index in [1.807, 2.05) is 41.3 Å². The smallest absolute Gasteiger partial charge is 0.246 e. The van der Waals surface area contributed by atoms with Gasteiger partial charge in [-0.15, -0.1) is 0 Å². The lowest BCUT2D eigenvalue weighted by molar-refractivity contribution is -0.127. The monoisotopic (exact) mass is 424 g/mol. The van der Waals surface area contributed by atoms with Crippen molar-refractivity contribution in [3.8, 4) is 5.75 Å². The topological polar surface area (TPSA) is 58.6 Å². The maximum atomic E-state index is 12.7. The second kappa shape index (κ2) is 8.52. The Morgan fingerprint density at radius 1 is 1.17 bits per heavy atom. The highest BCUT2D eigenvalue weighted by molar-refractivity contribution is 6.32. The highest BCUT2D eigenvalue weighted by Gasteiger charge is 2.58. The fourth-order valence-electron chi connectivity index (χ4n) is 4.25. The number of rotatable bonds is 5. The van der Waals surface area contributed by atoms with Gasteiger partial charge >= 0.3 is 0 Å². The fourth-order valence-corrected chi connectivity index (χ4v) is 4.51. The van der Waals surface area contributed by atoms with Crippen molar-refractivity contribution in [3.63, 3.8) is 0 Å². The molecule has 1 saturated carbocycles. The maximum absolute atomic E-state index is 12.7. The first-order valence-corrected chi connectivity index (χ1v) is 10.5. The number of ether oxygens (including phenoxy) is 1. The van der Waals surface area contributed by atoms with Gasteiger partial charge in [-0.1, -0.05) is 41.9 Å². The van der Waals surface area contributed by atoms with Crippen molar-refractivity contribution in [2.75, 3.05) is 25.5 Å². The van der Waals surface area contributed by atoms with E-state index in [1.54, 1.807) is 31.4 Å². The maximum Gasteiger partial charge on any atom is 0.246 e. The third-order valence-corrected chi connectivity index (χ3v) is 6.51. The van der Waals surface area contributed by atoms with E-state index in [9.17, 15) is 9.59 Å². The van der Waals surface area contributed by atoms with Crippen molar-refractivity contribution < 1.29 is 14.3 Å². The molecule has 4 rings (SSSR count). The standard InChI is InChI=1S/C24H25ClN2O3/c1-30-21-9-8-18(15-20(21)25)26-23(29)19-16-24(19)11-13-27(14-12-24)22(28)10-7-17-5-3-2-4-6-17/h2-10,15,19H,11-14,16H2,1H3,(H,26,29)/b10-7+/t19-/m1/s1. The second-order valence-electron chi connectivity index (χ2n) is 8.03. The van der Waals surface area contributed by atoms with Gasteiger partial charge in [0, 0.05) is 30.8 Å². The molecule has 1 N–H and O–H groups in total. The van der Waals surface area contributed by atoms with E-state index >= 15 is 0 Å². The number of anilines is 1. The van der Waals surface area contributed by atoms with E-state index in [4.69, 9.17) is 16.3 Å². The minimum absolute atomic E-state index is 0.00418. The number of methoxy groups -OCH3 is 1. The summed E-state index contributed by atoms with van der Waals surface area (Å²) < 4.78 is 5.14. The van der Waals surface area contributed by atoms with E-state index in [0.717, 1.165) is 24.8 Å². The molecule has 1 aliphatic heterocycles. The van der Waals surface area contributed by atoms with Gasteiger partial charge in [-0.3, -0.25) is 9.59 Å². The summed E-state index contributed by atoms with van der Waals surface area (Å²) in [6.45, 7) is 1.38. The molecule has 2 fully saturated rings. The Kier molecular flexibility index (Phi) is 5.82. The summed E-state index contributed by atoms with van der Waals surface area (Å²) in [6, 6.07) is 15.0. The van der Waals surface area contributed by atoms with Crippen molar-refractivity contribution in [2.45, 2.75) is 19.3 Å². The third-order valence-electron chi connectivity index (χ3n) is 6.21. The lowest BCUT2D eigenvalue weighted by atomic mass is 9.90. The van der Waals surface area contributed by atoms with Crippen LogP contribution in [0.5, 0.6) is 5.75 Å². The fraction of sp³-hybridized carbons (Fsp3) is 0.333. The van der Waals surface area contributed by atoms with Gasteiger partial charge in [0.1, 0.15) is 5.75 Å². The first-order valence-electron chi connectivity index (χ1n) is 10.2. The van der Waals surface area contributed by atoms with Crippen molar-refractivity contribution in [2.24, 2.45) is 11.3 Å². The molecular weight excluding hydrogens is 400 g/mol. The average molecular weight is 425 g/mol. The van der Waals surface area contributed by atoms with Crippen LogP contribution < -0.4 is 10.1 Å². The summed E-state index contributed by atoms with van der Waals surface area (Å²) in [7, 11) is 1.56. The summed E-state index contributed by atoms with van der Waals surface area (Å²) in [5.41, 5.74) is 1.71. The number of carbonyl (C=O) groups is 2. The van der Waals surface area contributed by atoms with Crippen LogP contribution in [-0.4, -0.2) is 36.9 Å². The molecule has 30 heavy (non-hydrogen) atoms. The largest absolute Gasteiger partial charge is 0.495 e. The Bertz CT molecular complexity index is 966. The molecule has 1 aliphatic carbocycles. The number of piperidine rings is 1. The predicted molar refractivity (Wildman–Crippen MR) is 118 cm³/mol. The Balaban J connectivity index is 1.29. The number of nitrogens with zero attached hydrogens (tertiary/aromatic N) is 1. The molecule has 156 valence electrons. The van der Waals surface area contributed by atoms with Gasteiger partial charge in [0.25, 0.3) is 0 Å². The first-order chi connectivity index (χ1) is 14.5. The van der Waals surface area contributed by atoms with Gasteiger partial charge in [0.15, 0.2) is 0 Å². The number of likely N-dealkylation sites (tertiary alicyclic amines) is 1. The normalized spacial score (nSPS) is 19.7. The van der Waals surface area contributed by atoms with Crippen molar-refractivity contribution in [1.29, 1.82) is 0 Å². The molecule has 2 aliphatic rings. The Hall–Kier alpha value is -2.79. The quantitative estimate of drug-likeness (QED) is 0.712. The summed E-state index contributed by atoms with van der Waals surface area (Å²) in [4.78, 5) is 27.1. The van der Waals surface area contributed by atoms with Crippen LogP contribution in [0.3, 0.4) is 0 Å². The Labute approximate surface area is 181 Å². The van der Waals surface area contributed by atoms with E-state index in [-0.39, 0.29) is 23.1 Å². The zero-order valence-corrected chi connectivity index (χ0v) is 17.7. The van der Waals surface area contributed by atoms with Gasteiger partial charge in [0.05, 0.1) is 12.1 Å². The van der Waals surface area contributed by atoms with E-state index < -0.39 is 0 Å². The minimum Gasteiger partial charge on any atom is -0.495 e. The number of nitrogens with one attached hydrogen (secondary N) is 1. The molecule has 0 unspecified atom stereocenters. The van der Waals surface area contributed by atoms with Gasteiger partial charge < -0.3 is 15.0 Å². The molecule has 1 saturated heterocycles. The minimum atomic E-state index is -0.00418. The number of amides is 2. The number of benzene rings is 2. The SMILES string of the molecule is COc1ccc(NC(=O)[C@H]2CC23CCN(C(=O)/C=C/c2ccccc2)CC3)cc1Cl. The van der Waals surface area contributed by atoms with Crippen LogP contribution in [-0.2, 0) is 9.59 Å². The van der Waals surface area contributed by atoms with Gasteiger partial charge in [-0.05, 0) is 54.5 Å². The van der Waals surface area contributed by atoms with Crippen LogP contribution in [0.25, 0.3) is 6.08 Å². The van der Waals surface area contributed by atoms with Crippen LogP contribution in [0.4, 0.5) is 5.69 Å². The average Bonchev–Trinajstić information content (AvgIpc) is 3.47. The van der Waals surface area contributed by atoms with Crippen LogP contribution in [0.1, 0.15) is 24.8 Å². The van der Waals surface area contributed by atoms with E-state index in [0.29, 0.717) is 29.5 Å². The van der Waals surface area contributed by atoms with Crippen molar-refractivity contribution in [3.05, 3.63) is 65.2 Å². The number of hydrogen-bond acceptors (Lipinski definition) is 3. The summed E-state index contributed by atoms with van der Waals surface area (Å²) >= 11 is 6.14. The van der Waals surface area contributed by atoms with Crippen LogP contribution in [0.15, 0.2) is 54.6 Å². The molecule has 6 heteroatoms. The highest BCUT2D eigenvalue weighted by Crippen LogP contribution is 2.59. The van der Waals surface area contributed by atoms with Crippen molar-refractivity contribution >= 4 is 35.2 Å². The molecule has 0 radical (unpaired) electrons. The molecule has 0 aromatic heterocycles. The molecule has 0 bridgehead atoms. The lowest BCUT2D eigenvalue weighted by Crippen LogP contribution is -2.39. The summed E-state index contributed by atoms with van der Waals surface area (Å²) in [6.07, 6.45) is 6.08. The molecule has 2 aromatic carbocycles. The third kappa shape index (κ3) is 4.36. The Morgan fingerprint density at radius 2 is 1.90 bits per heavy atom. The number of halogens is 1. The van der Waals surface area contributed by atoms with Crippen LogP contribution >= 0.6 is 11.6 Å². The summed E-state index contributed by atoms with van der Waals surface area (Å²) in [5, 5.41) is 3.44. The molecule has 1 heterocycles. The van der Waals surface area contributed by atoms with E-state index in [1.165, 1.54) is 0 Å². The van der Waals surface area contributed by atoms with Gasteiger partial charge in [0.2, 0.25) is 11.8 Å². The lowest BCUT2D eigenvalue weighted by Gasteiger charge is -2.32. The molecule has 5 nitrogen and oxygen atoms in total. The van der Waals surface area contributed by atoms with Crippen LogP contribution in [0, 0.1) is 11.3 Å². The Morgan fingerprint density at radius 3 is 2.57 bits per heavy atom. The molecule has 2 aromatic rings. The molecule has 1 spiro atoms. The van der Waals surface area contributed by atoms with Crippen molar-refractivity contribution in [1.82, 2.24) is 4.90 Å². The highest BCUT2D eigenvalue weighted by atomic mass is 35.5.